The third-order valence-corrected chi connectivity index (χ3v) is 11.1. The SMILES string of the molecule is COc1ccc(N(CC(=O)N(Cc2ccc(Cl)c(Cl)c2)[C@@H](Cc2ccccc2)C(=O)NC2CCCC2)S(=O)(=O)c2ccccc2)cc1OC. The quantitative estimate of drug-likeness (QED) is 0.152. The second kappa shape index (κ2) is 16.4. The summed E-state index contributed by atoms with van der Waals surface area (Å²) in [5.41, 5.74) is 1.65. The van der Waals surface area contributed by atoms with E-state index in [1.165, 1.54) is 37.3 Å². The van der Waals surface area contributed by atoms with Crippen molar-refractivity contribution in [3.05, 3.63) is 118 Å². The van der Waals surface area contributed by atoms with Crippen LogP contribution in [-0.2, 0) is 32.6 Å². The first-order chi connectivity index (χ1) is 23.6. The Morgan fingerprint density at radius 1 is 0.816 bits per heavy atom. The minimum Gasteiger partial charge on any atom is -0.493 e. The predicted octanol–water partition coefficient (Wildman–Crippen LogP) is 6.90. The third kappa shape index (κ3) is 8.86. The summed E-state index contributed by atoms with van der Waals surface area (Å²) in [5, 5.41) is 3.80. The molecule has 1 fully saturated rings. The molecular formula is C37H39Cl2N3O6S. The molecule has 1 aliphatic rings. The number of nitrogens with zero attached hydrogens (tertiary/aromatic N) is 2. The zero-order valence-corrected chi connectivity index (χ0v) is 29.7. The third-order valence-electron chi connectivity index (χ3n) is 8.57. The Labute approximate surface area is 297 Å². The van der Waals surface area contributed by atoms with E-state index in [-0.39, 0.29) is 41.2 Å². The summed E-state index contributed by atoms with van der Waals surface area (Å²) in [6.07, 6.45) is 3.93. The number of sulfonamides is 1. The highest BCUT2D eigenvalue weighted by atomic mass is 35.5. The number of nitrogens with one attached hydrogen (secondary N) is 1. The molecular weight excluding hydrogens is 685 g/mol. The maximum atomic E-state index is 14.7. The molecule has 0 unspecified atom stereocenters. The molecule has 49 heavy (non-hydrogen) atoms. The van der Waals surface area contributed by atoms with Crippen LogP contribution >= 0.6 is 23.2 Å². The van der Waals surface area contributed by atoms with Gasteiger partial charge in [-0.2, -0.15) is 0 Å². The van der Waals surface area contributed by atoms with Gasteiger partial charge in [-0.3, -0.25) is 13.9 Å². The number of rotatable bonds is 14. The van der Waals surface area contributed by atoms with Gasteiger partial charge in [0.15, 0.2) is 11.5 Å². The summed E-state index contributed by atoms with van der Waals surface area (Å²) in [5.74, 6) is -0.232. The molecule has 5 rings (SSSR count). The summed E-state index contributed by atoms with van der Waals surface area (Å²) < 4.78 is 40.5. The van der Waals surface area contributed by atoms with Crippen LogP contribution in [-0.4, -0.2) is 58.0 Å². The Bertz CT molecular complexity index is 1850. The van der Waals surface area contributed by atoms with Gasteiger partial charge in [-0.15, -0.1) is 0 Å². The Morgan fingerprint density at radius 2 is 1.47 bits per heavy atom. The van der Waals surface area contributed by atoms with Crippen molar-refractivity contribution in [2.75, 3.05) is 25.1 Å². The summed E-state index contributed by atoms with van der Waals surface area (Å²) in [6, 6.07) is 25.9. The van der Waals surface area contributed by atoms with Crippen molar-refractivity contribution in [3.63, 3.8) is 0 Å². The number of hydrogen-bond acceptors (Lipinski definition) is 6. The lowest BCUT2D eigenvalue weighted by atomic mass is 10.0. The molecule has 12 heteroatoms. The van der Waals surface area contributed by atoms with Crippen molar-refractivity contribution in [1.82, 2.24) is 10.2 Å². The van der Waals surface area contributed by atoms with Gasteiger partial charge in [0.2, 0.25) is 11.8 Å². The lowest BCUT2D eigenvalue weighted by Gasteiger charge is -2.34. The molecule has 258 valence electrons. The molecule has 0 aromatic heterocycles. The van der Waals surface area contributed by atoms with Crippen molar-refractivity contribution in [1.29, 1.82) is 0 Å². The van der Waals surface area contributed by atoms with Gasteiger partial charge in [-0.05, 0) is 60.4 Å². The number of anilines is 1. The monoisotopic (exact) mass is 723 g/mol. The van der Waals surface area contributed by atoms with Gasteiger partial charge < -0.3 is 19.7 Å². The van der Waals surface area contributed by atoms with Crippen LogP contribution in [0.1, 0.15) is 36.8 Å². The fraction of sp³-hybridized carbons (Fsp3) is 0.297. The fourth-order valence-electron chi connectivity index (χ4n) is 5.98. The average Bonchev–Trinajstić information content (AvgIpc) is 3.63. The van der Waals surface area contributed by atoms with Crippen LogP contribution in [0.2, 0.25) is 10.0 Å². The van der Waals surface area contributed by atoms with Gasteiger partial charge in [0.1, 0.15) is 12.6 Å². The molecule has 0 radical (unpaired) electrons. The van der Waals surface area contributed by atoms with E-state index >= 15 is 0 Å². The Kier molecular flexibility index (Phi) is 12.1. The second-order valence-corrected chi connectivity index (χ2v) is 14.5. The first-order valence-corrected chi connectivity index (χ1v) is 18.2. The number of amides is 2. The lowest BCUT2D eigenvalue weighted by Crippen LogP contribution is -2.54. The molecule has 1 atom stereocenters. The maximum Gasteiger partial charge on any atom is 0.264 e. The summed E-state index contributed by atoms with van der Waals surface area (Å²) >= 11 is 12.6. The molecule has 0 saturated heterocycles. The summed E-state index contributed by atoms with van der Waals surface area (Å²) in [7, 11) is -1.37. The van der Waals surface area contributed by atoms with Gasteiger partial charge in [0.25, 0.3) is 10.0 Å². The number of halogens is 2. The minimum absolute atomic E-state index is 0.00516. The summed E-state index contributed by atoms with van der Waals surface area (Å²) in [6.45, 7) is -0.646. The van der Waals surface area contributed by atoms with Crippen molar-refractivity contribution < 1.29 is 27.5 Å². The van der Waals surface area contributed by atoms with Crippen LogP contribution in [0.5, 0.6) is 11.5 Å². The van der Waals surface area contributed by atoms with E-state index in [2.05, 4.69) is 5.32 Å². The zero-order chi connectivity index (χ0) is 35.0. The highest BCUT2D eigenvalue weighted by Crippen LogP contribution is 2.34. The van der Waals surface area contributed by atoms with Gasteiger partial charge >= 0.3 is 0 Å². The fourth-order valence-corrected chi connectivity index (χ4v) is 7.73. The van der Waals surface area contributed by atoms with Crippen molar-refractivity contribution in [2.24, 2.45) is 0 Å². The van der Waals surface area contributed by atoms with Gasteiger partial charge in [-0.1, -0.05) is 90.6 Å². The normalized spacial score (nSPS) is 13.8. The largest absolute Gasteiger partial charge is 0.493 e. The van der Waals surface area contributed by atoms with E-state index in [0.717, 1.165) is 35.6 Å². The van der Waals surface area contributed by atoms with Crippen LogP contribution in [0.25, 0.3) is 0 Å². The number of benzene rings is 4. The molecule has 1 N–H and O–H groups in total. The topological polar surface area (TPSA) is 105 Å². The predicted molar refractivity (Wildman–Crippen MR) is 192 cm³/mol. The van der Waals surface area contributed by atoms with Crippen molar-refractivity contribution in [2.45, 2.75) is 55.6 Å². The van der Waals surface area contributed by atoms with Gasteiger partial charge in [0.05, 0.1) is 34.8 Å². The molecule has 4 aromatic carbocycles. The van der Waals surface area contributed by atoms with E-state index in [1.54, 1.807) is 48.5 Å². The van der Waals surface area contributed by atoms with E-state index in [9.17, 15) is 18.0 Å². The number of ether oxygens (including phenoxy) is 2. The molecule has 2 amide bonds. The Morgan fingerprint density at radius 3 is 2.10 bits per heavy atom. The Balaban J connectivity index is 1.60. The molecule has 9 nitrogen and oxygen atoms in total. The van der Waals surface area contributed by atoms with Crippen LogP contribution in [0.4, 0.5) is 5.69 Å². The molecule has 4 aromatic rings. The van der Waals surface area contributed by atoms with Crippen molar-refractivity contribution in [3.8, 4) is 11.5 Å². The van der Waals surface area contributed by atoms with E-state index in [4.69, 9.17) is 32.7 Å². The van der Waals surface area contributed by atoms with Crippen molar-refractivity contribution >= 4 is 50.7 Å². The number of hydrogen-bond donors (Lipinski definition) is 1. The maximum absolute atomic E-state index is 14.7. The number of carbonyl (C=O) groups excluding carboxylic acids is 2. The van der Waals surface area contributed by atoms with Crippen LogP contribution in [0.15, 0.2) is 102 Å². The van der Waals surface area contributed by atoms with Gasteiger partial charge in [-0.25, -0.2) is 8.42 Å². The standard InChI is InChI=1S/C37H39Cl2N3O6S/c1-47-34-20-18-29(23-35(34)48-2)42(49(45,46)30-15-7-4-8-16-30)25-36(43)41(24-27-17-19-31(38)32(39)21-27)33(22-26-11-5-3-6-12-26)37(44)40-28-13-9-10-14-28/h3-8,11-12,15-21,23,28,33H,9-10,13-14,22,24-25H2,1-2H3,(H,40,44)/t33-/m0/s1. The van der Waals surface area contributed by atoms with Crippen LogP contribution < -0.4 is 19.1 Å². The first-order valence-electron chi connectivity index (χ1n) is 16.0. The molecule has 0 bridgehead atoms. The van der Waals surface area contributed by atoms with Gasteiger partial charge in [0, 0.05) is 25.1 Å². The first kappa shape index (κ1) is 36.0. The number of carbonyl (C=O) groups is 2. The molecule has 0 aliphatic heterocycles. The van der Waals surface area contributed by atoms with Crippen LogP contribution in [0.3, 0.4) is 0 Å². The van der Waals surface area contributed by atoms with Crippen LogP contribution in [0, 0.1) is 0 Å². The smallest absolute Gasteiger partial charge is 0.264 e. The van der Waals surface area contributed by atoms with E-state index in [0.29, 0.717) is 21.4 Å². The molecule has 1 saturated carbocycles. The Hall–Kier alpha value is -4.25. The highest BCUT2D eigenvalue weighted by molar-refractivity contribution is 7.92. The van der Waals surface area contributed by atoms with E-state index in [1.807, 2.05) is 30.3 Å². The van der Waals surface area contributed by atoms with E-state index < -0.39 is 28.5 Å². The lowest BCUT2D eigenvalue weighted by molar-refractivity contribution is -0.140. The average molecular weight is 725 g/mol. The molecule has 1 aliphatic carbocycles. The minimum atomic E-state index is -4.29. The molecule has 0 heterocycles. The number of methoxy groups -OCH3 is 2. The second-order valence-electron chi connectivity index (χ2n) is 11.8. The highest BCUT2D eigenvalue weighted by Gasteiger charge is 2.36. The molecule has 0 spiro atoms. The zero-order valence-electron chi connectivity index (χ0n) is 27.4. The summed E-state index contributed by atoms with van der Waals surface area (Å²) in [4.78, 5) is 30.3.